The van der Waals surface area contributed by atoms with Crippen LogP contribution in [0.2, 0.25) is 0 Å². The fourth-order valence-electron chi connectivity index (χ4n) is 0.837. The maximum atomic E-state index is 5.32. The minimum absolute atomic E-state index is 0.103. The summed E-state index contributed by atoms with van der Waals surface area (Å²) in [6.45, 7) is 3.48. The number of morpholine rings is 1. The molecule has 2 unspecified atom stereocenters. The molecule has 0 spiro atoms. The molecule has 1 radical (unpaired) electrons. The molecule has 2 atom stereocenters. The first kappa shape index (κ1) is 6.99. The summed E-state index contributed by atoms with van der Waals surface area (Å²) in [5.41, 5.74) is 0. The molecule has 3 heteroatoms. The lowest BCUT2D eigenvalue weighted by atomic mass is 10.3. The second kappa shape index (κ2) is 3.15. The average Bonchev–Trinajstić information content (AvgIpc) is 1.88. The van der Waals surface area contributed by atoms with Gasteiger partial charge in [-0.2, -0.15) is 0 Å². The van der Waals surface area contributed by atoms with Crippen molar-refractivity contribution in [3.05, 3.63) is 0 Å². The van der Waals surface area contributed by atoms with Crippen LogP contribution in [-0.4, -0.2) is 32.6 Å². The van der Waals surface area contributed by atoms with Gasteiger partial charge in [0.05, 0.1) is 12.6 Å². The van der Waals surface area contributed by atoms with Crippen LogP contribution in [0.4, 0.5) is 0 Å². The SMILES string of the molecule is COC1C[N]CC(C)O1. The number of nitrogens with zero attached hydrogens (tertiary/aromatic N) is 1. The summed E-state index contributed by atoms with van der Waals surface area (Å²) in [7, 11) is 1.64. The Hall–Kier alpha value is -0.120. The van der Waals surface area contributed by atoms with Crippen LogP contribution in [-0.2, 0) is 9.47 Å². The lowest BCUT2D eigenvalue weighted by Gasteiger charge is -2.25. The number of hydrogen-bond acceptors (Lipinski definition) is 2. The van der Waals surface area contributed by atoms with E-state index in [9.17, 15) is 0 Å². The van der Waals surface area contributed by atoms with Crippen LogP contribution in [0.15, 0.2) is 0 Å². The Morgan fingerprint density at radius 3 is 2.78 bits per heavy atom. The fraction of sp³-hybridized carbons (Fsp3) is 1.00. The van der Waals surface area contributed by atoms with E-state index >= 15 is 0 Å². The zero-order valence-electron chi connectivity index (χ0n) is 5.83. The van der Waals surface area contributed by atoms with Gasteiger partial charge in [-0.25, -0.2) is 5.32 Å². The van der Waals surface area contributed by atoms with Gasteiger partial charge in [0, 0.05) is 13.7 Å². The van der Waals surface area contributed by atoms with Crippen molar-refractivity contribution in [3.8, 4) is 0 Å². The highest BCUT2D eigenvalue weighted by Crippen LogP contribution is 2.03. The lowest BCUT2D eigenvalue weighted by molar-refractivity contribution is -0.165. The Morgan fingerprint density at radius 1 is 1.56 bits per heavy atom. The Morgan fingerprint density at radius 2 is 2.33 bits per heavy atom. The zero-order valence-corrected chi connectivity index (χ0v) is 5.83. The number of hydrogen-bond donors (Lipinski definition) is 0. The molecule has 0 amide bonds. The molecule has 0 aliphatic carbocycles. The summed E-state index contributed by atoms with van der Waals surface area (Å²) >= 11 is 0. The molecule has 0 aromatic carbocycles. The molecule has 1 fully saturated rings. The molecule has 1 aliphatic heterocycles. The molecule has 1 heterocycles. The maximum Gasteiger partial charge on any atom is 0.171 e. The average molecular weight is 130 g/mol. The topological polar surface area (TPSA) is 32.6 Å². The van der Waals surface area contributed by atoms with Crippen LogP contribution in [0.1, 0.15) is 6.92 Å². The van der Waals surface area contributed by atoms with Crippen LogP contribution < -0.4 is 5.32 Å². The van der Waals surface area contributed by atoms with Gasteiger partial charge in [-0.15, -0.1) is 0 Å². The summed E-state index contributed by atoms with van der Waals surface area (Å²) in [5, 5.41) is 4.16. The molecule has 1 rings (SSSR count). The second-order valence-electron chi connectivity index (χ2n) is 2.20. The smallest absolute Gasteiger partial charge is 0.171 e. The van der Waals surface area contributed by atoms with Gasteiger partial charge in [0.25, 0.3) is 0 Å². The highest BCUT2D eigenvalue weighted by Gasteiger charge is 2.17. The molecule has 0 aromatic rings. The minimum atomic E-state index is -0.103. The van der Waals surface area contributed by atoms with E-state index in [2.05, 4.69) is 5.32 Å². The molecular formula is C6H12NO2. The number of ether oxygens (including phenoxy) is 2. The van der Waals surface area contributed by atoms with Gasteiger partial charge < -0.3 is 9.47 Å². The normalized spacial score (nSPS) is 36.7. The molecule has 1 saturated heterocycles. The summed E-state index contributed by atoms with van der Waals surface area (Å²) in [4.78, 5) is 0. The fourth-order valence-corrected chi connectivity index (χ4v) is 0.837. The summed E-state index contributed by atoms with van der Waals surface area (Å²) in [5.74, 6) is 0. The van der Waals surface area contributed by atoms with Crippen molar-refractivity contribution < 1.29 is 9.47 Å². The molecule has 3 nitrogen and oxygen atoms in total. The quantitative estimate of drug-likeness (QED) is 0.499. The standard InChI is InChI=1S/C6H12NO2/c1-5-3-7-4-6(8-2)9-5/h5-6H,3-4H2,1-2H3. The highest BCUT2D eigenvalue weighted by molar-refractivity contribution is 4.63. The van der Waals surface area contributed by atoms with Crippen molar-refractivity contribution in [1.82, 2.24) is 5.32 Å². The van der Waals surface area contributed by atoms with Crippen molar-refractivity contribution in [1.29, 1.82) is 0 Å². The molecule has 1 aliphatic rings. The summed E-state index contributed by atoms with van der Waals surface area (Å²) < 4.78 is 10.3. The van der Waals surface area contributed by atoms with E-state index in [-0.39, 0.29) is 12.4 Å². The monoisotopic (exact) mass is 130 g/mol. The van der Waals surface area contributed by atoms with Gasteiger partial charge in [0.1, 0.15) is 0 Å². The molecule has 53 valence electrons. The van der Waals surface area contributed by atoms with Crippen LogP contribution in [0, 0.1) is 0 Å². The van der Waals surface area contributed by atoms with Crippen molar-refractivity contribution in [3.63, 3.8) is 0 Å². The second-order valence-corrected chi connectivity index (χ2v) is 2.20. The largest absolute Gasteiger partial charge is 0.354 e. The van der Waals surface area contributed by atoms with Gasteiger partial charge in [0.2, 0.25) is 0 Å². The van der Waals surface area contributed by atoms with Gasteiger partial charge >= 0.3 is 0 Å². The zero-order chi connectivity index (χ0) is 6.69. The van der Waals surface area contributed by atoms with Crippen molar-refractivity contribution in [2.24, 2.45) is 0 Å². The van der Waals surface area contributed by atoms with Crippen molar-refractivity contribution >= 4 is 0 Å². The third-order valence-electron chi connectivity index (χ3n) is 1.31. The predicted octanol–water partition coefficient (Wildman–Crippen LogP) is -0.0180. The first-order chi connectivity index (χ1) is 4.33. The molecule has 0 bridgehead atoms. The van der Waals surface area contributed by atoms with Gasteiger partial charge in [-0.1, -0.05) is 0 Å². The third kappa shape index (κ3) is 1.93. The molecular weight excluding hydrogens is 118 g/mol. The number of rotatable bonds is 1. The summed E-state index contributed by atoms with van der Waals surface area (Å²) in [6.07, 6.45) is 0.123. The van der Waals surface area contributed by atoms with E-state index in [1.165, 1.54) is 0 Å². The molecule has 0 N–H and O–H groups in total. The van der Waals surface area contributed by atoms with E-state index in [4.69, 9.17) is 9.47 Å². The molecule has 0 aromatic heterocycles. The Labute approximate surface area is 55.3 Å². The molecule has 0 saturated carbocycles. The Balaban J connectivity index is 2.23. The van der Waals surface area contributed by atoms with Crippen LogP contribution in [0.3, 0.4) is 0 Å². The van der Waals surface area contributed by atoms with Gasteiger partial charge in [-0.05, 0) is 6.92 Å². The van der Waals surface area contributed by atoms with Crippen LogP contribution >= 0.6 is 0 Å². The van der Waals surface area contributed by atoms with Crippen LogP contribution in [0.25, 0.3) is 0 Å². The van der Waals surface area contributed by atoms with Crippen molar-refractivity contribution in [2.75, 3.05) is 20.2 Å². The first-order valence-electron chi connectivity index (χ1n) is 3.14. The third-order valence-corrected chi connectivity index (χ3v) is 1.31. The van der Waals surface area contributed by atoms with E-state index < -0.39 is 0 Å². The Bertz CT molecular complexity index is 87.1. The van der Waals surface area contributed by atoms with E-state index in [0.717, 1.165) is 6.54 Å². The minimum Gasteiger partial charge on any atom is -0.354 e. The van der Waals surface area contributed by atoms with Crippen molar-refractivity contribution in [2.45, 2.75) is 19.3 Å². The maximum absolute atomic E-state index is 5.32. The van der Waals surface area contributed by atoms with E-state index in [1.807, 2.05) is 6.92 Å². The molecule has 9 heavy (non-hydrogen) atoms. The first-order valence-corrected chi connectivity index (χ1v) is 3.14. The van der Waals surface area contributed by atoms with E-state index in [0.29, 0.717) is 6.54 Å². The lowest BCUT2D eigenvalue weighted by Crippen LogP contribution is -2.40. The van der Waals surface area contributed by atoms with Crippen LogP contribution in [0.5, 0.6) is 0 Å². The highest BCUT2D eigenvalue weighted by atomic mass is 16.7. The van der Waals surface area contributed by atoms with Gasteiger partial charge in [0.15, 0.2) is 6.29 Å². The predicted molar refractivity (Wildman–Crippen MR) is 33.2 cm³/mol. The van der Waals surface area contributed by atoms with E-state index in [1.54, 1.807) is 7.11 Å². The Kier molecular flexibility index (Phi) is 2.45. The number of methoxy groups -OCH3 is 1. The van der Waals surface area contributed by atoms with Gasteiger partial charge in [-0.3, -0.25) is 0 Å². The summed E-state index contributed by atoms with van der Waals surface area (Å²) in [6, 6.07) is 0.